The topological polar surface area (TPSA) is 72.1 Å². The standard InChI is InChI=1S/C16H25N7O/c1-3-22-11-15(9-18-22)10-20-5-4-6-21(8-7-20)16(24)14(2)23-13-17-12-19-23/h9,11-14H,3-8,10H2,1-2H3. The largest absolute Gasteiger partial charge is 0.340 e. The van der Waals surface area contributed by atoms with Gasteiger partial charge < -0.3 is 4.90 Å². The molecule has 1 amide bonds. The predicted molar refractivity (Wildman–Crippen MR) is 89.1 cm³/mol. The summed E-state index contributed by atoms with van der Waals surface area (Å²) in [6, 6.07) is -0.304. The van der Waals surface area contributed by atoms with E-state index in [0.29, 0.717) is 0 Å². The van der Waals surface area contributed by atoms with Crippen molar-refractivity contribution in [3.8, 4) is 0 Å². The number of rotatable bonds is 5. The highest BCUT2D eigenvalue weighted by molar-refractivity contribution is 5.80. The third-order valence-electron chi connectivity index (χ3n) is 4.51. The Kier molecular flexibility index (Phi) is 5.24. The Balaban J connectivity index is 1.55. The molecule has 130 valence electrons. The molecular formula is C16H25N7O. The minimum absolute atomic E-state index is 0.112. The van der Waals surface area contributed by atoms with Crippen molar-refractivity contribution < 1.29 is 4.79 Å². The zero-order valence-corrected chi connectivity index (χ0v) is 14.4. The highest BCUT2D eigenvalue weighted by atomic mass is 16.2. The summed E-state index contributed by atoms with van der Waals surface area (Å²) in [5, 5.41) is 8.40. The Morgan fingerprint density at radius 1 is 1.25 bits per heavy atom. The van der Waals surface area contributed by atoms with Crippen molar-refractivity contribution in [2.45, 2.75) is 39.4 Å². The predicted octanol–water partition coefficient (Wildman–Crippen LogP) is 0.790. The van der Waals surface area contributed by atoms with E-state index in [1.807, 2.05) is 22.7 Å². The Hall–Kier alpha value is -2.22. The van der Waals surface area contributed by atoms with Crippen molar-refractivity contribution >= 4 is 5.91 Å². The van der Waals surface area contributed by atoms with E-state index < -0.39 is 0 Å². The Bertz CT molecular complexity index is 651. The summed E-state index contributed by atoms with van der Waals surface area (Å²) in [5.74, 6) is 0.112. The molecule has 0 saturated carbocycles. The van der Waals surface area contributed by atoms with Gasteiger partial charge in [0.1, 0.15) is 18.7 Å². The van der Waals surface area contributed by atoms with E-state index in [1.165, 1.54) is 11.9 Å². The van der Waals surface area contributed by atoms with Crippen molar-refractivity contribution in [2.75, 3.05) is 26.2 Å². The van der Waals surface area contributed by atoms with Gasteiger partial charge in [-0.2, -0.15) is 10.2 Å². The summed E-state index contributed by atoms with van der Waals surface area (Å²) in [5.41, 5.74) is 1.23. The Morgan fingerprint density at radius 3 is 2.83 bits per heavy atom. The second-order valence-corrected chi connectivity index (χ2v) is 6.21. The van der Waals surface area contributed by atoms with Gasteiger partial charge >= 0.3 is 0 Å². The molecule has 1 unspecified atom stereocenters. The third-order valence-corrected chi connectivity index (χ3v) is 4.51. The van der Waals surface area contributed by atoms with Crippen molar-refractivity contribution in [3.05, 3.63) is 30.6 Å². The lowest BCUT2D eigenvalue weighted by Crippen LogP contribution is -2.39. The van der Waals surface area contributed by atoms with Gasteiger partial charge in [-0.25, -0.2) is 9.67 Å². The number of hydrogen-bond donors (Lipinski definition) is 0. The molecule has 1 saturated heterocycles. The minimum atomic E-state index is -0.304. The normalized spacial score (nSPS) is 17.7. The first-order valence-corrected chi connectivity index (χ1v) is 8.54. The first kappa shape index (κ1) is 16.6. The molecule has 24 heavy (non-hydrogen) atoms. The molecule has 0 aliphatic carbocycles. The van der Waals surface area contributed by atoms with Crippen LogP contribution >= 0.6 is 0 Å². The van der Waals surface area contributed by atoms with Crippen LogP contribution in [0, 0.1) is 0 Å². The highest BCUT2D eigenvalue weighted by Gasteiger charge is 2.24. The third kappa shape index (κ3) is 3.81. The maximum absolute atomic E-state index is 12.7. The molecule has 8 nitrogen and oxygen atoms in total. The van der Waals surface area contributed by atoms with Crippen LogP contribution in [0.5, 0.6) is 0 Å². The van der Waals surface area contributed by atoms with Gasteiger partial charge in [0.05, 0.1) is 6.20 Å². The second-order valence-electron chi connectivity index (χ2n) is 6.21. The van der Waals surface area contributed by atoms with Crippen LogP contribution in [0.1, 0.15) is 31.9 Å². The molecule has 1 aliphatic rings. The van der Waals surface area contributed by atoms with Gasteiger partial charge in [-0.05, 0) is 20.3 Å². The van der Waals surface area contributed by atoms with Crippen LogP contribution in [0.25, 0.3) is 0 Å². The average molecular weight is 331 g/mol. The first-order chi connectivity index (χ1) is 11.7. The SMILES string of the molecule is CCn1cc(CN2CCCN(C(=O)C(C)n3cncn3)CC2)cn1. The molecule has 3 heterocycles. The van der Waals surface area contributed by atoms with Crippen molar-refractivity contribution in [3.63, 3.8) is 0 Å². The van der Waals surface area contributed by atoms with Gasteiger partial charge in [0.25, 0.3) is 0 Å². The van der Waals surface area contributed by atoms with E-state index in [2.05, 4.69) is 33.2 Å². The van der Waals surface area contributed by atoms with Crippen molar-refractivity contribution in [1.82, 2.24) is 34.3 Å². The number of nitrogens with zero attached hydrogens (tertiary/aromatic N) is 7. The van der Waals surface area contributed by atoms with Gasteiger partial charge in [-0.1, -0.05) is 0 Å². The lowest BCUT2D eigenvalue weighted by Gasteiger charge is -2.24. The summed E-state index contributed by atoms with van der Waals surface area (Å²) < 4.78 is 3.56. The Morgan fingerprint density at radius 2 is 2.12 bits per heavy atom. The summed E-state index contributed by atoms with van der Waals surface area (Å²) in [6.45, 7) is 9.17. The zero-order valence-electron chi connectivity index (χ0n) is 14.4. The van der Waals surface area contributed by atoms with Crippen LogP contribution in [0.4, 0.5) is 0 Å². The molecule has 8 heteroatoms. The van der Waals surface area contributed by atoms with Crippen LogP contribution < -0.4 is 0 Å². The average Bonchev–Trinajstić information content (AvgIpc) is 3.23. The molecule has 1 atom stereocenters. The lowest BCUT2D eigenvalue weighted by atomic mass is 10.2. The van der Waals surface area contributed by atoms with E-state index in [0.717, 1.165) is 45.7 Å². The summed E-state index contributed by atoms with van der Waals surface area (Å²) >= 11 is 0. The number of carbonyl (C=O) groups excluding carboxylic acids is 1. The highest BCUT2D eigenvalue weighted by Crippen LogP contribution is 2.13. The molecule has 2 aromatic rings. The zero-order chi connectivity index (χ0) is 16.9. The van der Waals surface area contributed by atoms with Gasteiger partial charge in [-0.3, -0.25) is 14.4 Å². The number of carbonyl (C=O) groups is 1. The fourth-order valence-electron chi connectivity index (χ4n) is 3.06. The molecule has 3 rings (SSSR count). The molecule has 0 N–H and O–H groups in total. The van der Waals surface area contributed by atoms with Crippen LogP contribution in [0.15, 0.2) is 25.0 Å². The van der Waals surface area contributed by atoms with Gasteiger partial charge in [0.2, 0.25) is 5.91 Å². The molecule has 0 aromatic carbocycles. The van der Waals surface area contributed by atoms with E-state index in [9.17, 15) is 4.79 Å². The first-order valence-electron chi connectivity index (χ1n) is 8.54. The number of aryl methyl sites for hydroxylation is 1. The molecule has 1 aliphatic heterocycles. The van der Waals surface area contributed by atoms with Crippen LogP contribution in [0.2, 0.25) is 0 Å². The monoisotopic (exact) mass is 331 g/mol. The van der Waals surface area contributed by atoms with E-state index in [4.69, 9.17) is 0 Å². The van der Waals surface area contributed by atoms with Crippen LogP contribution in [0.3, 0.4) is 0 Å². The van der Waals surface area contributed by atoms with Crippen molar-refractivity contribution in [2.24, 2.45) is 0 Å². The number of aromatic nitrogens is 5. The molecule has 0 spiro atoms. The molecule has 0 radical (unpaired) electrons. The fraction of sp³-hybridized carbons (Fsp3) is 0.625. The summed E-state index contributed by atoms with van der Waals surface area (Å²) in [7, 11) is 0. The van der Waals surface area contributed by atoms with Crippen molar-refractivity contribution in [1.29, 1.82) is 0 Å². The van der Waals surface area contributed by atoms with E-state index >= 15 is 0 Å². The molecule has 0 bridgehead atoms. The maximum atomic E-state index is 12.7. The molecule has 2 aromatic heterocycles. The lowest BCUT2D eigenvalue weighted by molar-refractivity contribution is -0.134. The molecule has 1 fully saturated rings. The van der Waals surface area contributed by atoms with Gasteiger partial charge in [0, 0.05) is 51.0 Å². The maximum Gasteiger partial charge on any atom is 0.247 e. The quantitative estimate of drug-likeness (QED) is 0.810. The van der Waals surface area contributed by atoms with Gasteiger partial charge in [0.15, 0.2) is 0 Å². The Labute approximate surface area is 142 Å². The number of hydrogen-bond acceptors (Lipinski definition) is 5. The summed E-state index contributed by atoms with van der Waals surface area (Å²) in [4.78, 5) is 20.9. The number of amides is 1. The smallest absolute Gasteiger partial charge is 0.247 e. The van der Waals surface area contributed by atoms with E-state index in [1.54, 1.807) is 11.0 Å². The molecular weight excluding hydrogens is 306 g/mol. The van der Waals surface area contributed by atoms with Crippen LogP contribution in [-0.4, -0.2) is 66.4 Å². The second kappa shape index (κ2) is 7.57. The minimum Gasteiger partial charge on any atom is -0.340 e. The van der Waals surface area contributed by atoms with Gasteiger partial charge in [-0.15, -0.1) is 0 Å². The summed E-state index contributed by atoms with van der Waals surface area (Å²) in [6.07, 6.45) is 8.07. The van der Waals surface area contributed by atoms with E-state index in [-0.39, 0.29) is 11.9 Å². The fourth-order valence-corrected chi connectivity index (χ4v) is 3.06. The van der Waals surface area contributed by atoms with Crippen LogP contribution in [-0.2, 0) is 17.9 Å².